The molecule has 0 bridgehead atoms. The molecule has 84 valence electrons. The van der Waals surface area contributed by atoms with Crippen LogP contribution in [0.3, 0.4) is 0 Å². The Labute approximate surface area is 92.1 Å². The maximum Gasteiger partial charge on any atom is 0.0947 e. The van der Waals surface area contributed by atoms with Gasteiger partial charge in [-0.1, -0.05) is 19.3 Å². The van der Waals surface area contributed by atoms with Crippen LogP contribution in [-0.4, -0.2) is 6.04 Å². The fraction of sp³-hybridized carbons (Fsp3) is 0.692. The minimum atomic E-state index is 0.639. The highest BCUT2D eigenvalue weighted by Gasteiger charge is 2.19. The molecule has 0 saturated heterocycles. The van der Waals surface area contributed by atoms with Gasteiger partial charge in [-0.2, -0.15) is 0 Å². The fourth-order valence-corrected chi connectivity index (χ4v) is 2.47. The maximum absolute atomic E-state index is 5.05. The average molecular weight is 207 g/mol. The Hall–Kier alpha value is -0.760. The highest BCUT2D eigenvalue weighted by molar-refractivity contribution is 5.04. The van der Waals surface area contributed by atoms with Crippen LogP contribution in [0.2, 0.25) is 0 Å². The van der Waals surface area contributed by atoms with Crippen molar-refractivity contribution in [3.05, 3.63) is 24.2 Å². The molecule has 0 spiro atoms. The Morgan fingerprint density at radius 1 is 1.40 bits per heavy atom. The summed E-state index contributed by atoms with van der Waals surface area (Å²) in [5.41, 5.74) is 1.25. The third-order valence-electron chi connectivity index (χ3n) is 3.57. The molecule has 1 aliphatic carbocycles. The summed E-state index contributed by atoms with van der Waals surface area (Å²) in [5.74, 6) is 0.880. The smallest absolute Gasteiger partial charge is 0.0947 e. The molecule has 0 amide bonds. The van der Waals surface area contributed by atoms with Gasteiger partial charge in [0.2, 0.25) is 0 Å². The van der Waals surface area contributed by atoms with E-state index in [1.165, 1.54) is 37.7 Å². The Balaban J connectivity index is 1.74. The van der Waals surface area contributed by atoms with Gasteiger partial charge in [0.15, 0.2) is 0 Å². The molecule has 0 aliphatic heterocycles. The number of furan rings is 1. The molecule has 2 nitrogen and oxygen atoms in total. The zero-order valence-corrected chi connectivity index (χ0v) is 9.54. The minimum absolute atomic E-state index is 0.639. The SMILES string of the molecule is CC(NCc1ccoc1)C1CCCCC1. The van der Waals surface area contributed by atoms with Crippen LogP contribution >= 0.6 is 0 Å². The van der Waals surface area contributed by atoms with E-state index in [1.807, 2.05) is 12.3 Å². The van der Waals surface area contributed by atoms with E-state index < -0.39 is 0 Å². The molecule has 1 aromatic rings. The van der Waals surface area contributed by atoms with Crippen molar-refractivity contribution in [1.82, 2.24) is 5.32 Å². The molecule has 0 radical (unpaired) electrons. The van der Waals surface area contributed by atoms with E-state index in [4.69, 9.17) is 4.42 Å². The summed E-state index contributed by atoms with van der Waals surface area (Å²) < 4.78 is 5.05. The van der Waals surface area contributed by atoms with Gasteiger partial charge in [-0.3, -0.25) is 0 Å². The molecule has 15 heavy (non-hydrogen) atoms. The Morgan fingerprint density at radius 3 is 2.87 bits per heavy atom. The highest BCUT2D eigenvalue weighted by atomic mass is 16.3. The van der Waals surface area contributed by atoms with Gasteiger partial charge >= 0.3 is 0 Å². The third-order valence-corrected chi connectivity index (χ3v) is 3.57. The van der Waals surface area contributed by atoms with Gasteiger partial charge in [0.05, 0.1) is 12.5 Å². The van der Waals surface area contributed by atoms with Gasteiger partial charge in [-0.05, 0) is 31.7 Å². The monoisotopic (exact) mass is 207 g/mol. The van der Waals surface area contributed by atoms with Crippen molar-refractivity contribution in [3.8, 4) is 0 Å². The molecule has 1 atom stereocenters. The summed E-state index contributed by atoms with van der Waals surface area (Å²) in [6.07, 6.45) is 10.6. The summed E-state index contributed by atoms with van der Waals surface area (Å²) >= 11 is 0. The fourth-order valence-electron chi connectivity index (χ4n) is 2.47. The first-order chi connectivity index (χ1) is 7.36. The van der Waals surface area contributed by atoms with Crippen molar-refractivity contribution in [3.63, 3.8) is 0 Å². The van der Waals surface area contributed by atoms with Crippen molar-refractivity contribution in [2.45, 2.75) is 51.6 Å². The Bertz CT molecular complexity index is 262. The van der Waals surface area contributed by atoms with Gasteiger partial charge in [0, 0.05) is 18.2 Å². The predicted molar refractivity (Wildman–Crippen MR) is 61.6 cm³/mol. The third kappa shape index (κ3) is 3.10. The van der Waals surface area contributed by atoms with Crippen LogP contribution in [0.25, 0.3) is 0 Å². The Kier molecular flexibility index (Phi) is 3.84. The van der Waals surface area contributed by atoms with E-state index in [1.54, 1.807) is 6.26 Å². The number of hydrogen-bond donors (Lipinski definition) is 1. The largest absolute Gasteiger partial charge is 0.472 e. The number of rotatable bonds is 4. The lowest BCUT2D eigenvalue weighted by molar-refractivity contribution is 0.280. The molecule has 1 aromatic heterocycles. The van der Waals surface area contributed by atoms with Gasteiger partial charge in [0.25, 0.3) is 0 Å². The zero-order chi connectivity index (χ0) is 10.5. The van der Waals surface area contributed by atoms with Crippen LogP contribution in [0.4, 0.5) is 0 Å². The standard InChI is InChI=1S/C13H21NO/c1-11(13-5-3-2-4-6-13)14-9-12-7-8-15-10-12/h7-8,10-11,13-14H,2-6,9H2,1H3. The molecular formula is C13H21NO. The highest BCUT2D eigenvalue weighted by Crippen LogP contribution is 2.26. The van der Waals surface area contributed by atoms with Gasteiger partial charge in [0.1, 0.15) is 0 Å². The van der Waals surface area contributed by atoms with Crippen LogP contribution < -0.4 is 5.32 Å². The first kappa shape index (κ1) is 10.7. The quantitative estimate of drug-likeness (QED) is 0.819. The lowest BCUT2D eigenvalue weighted by Gasteiger charge is -2.28. The van der Waals surface area contributed by atoms with E-state index >= 15 is 0 Å². The molecule has 1 saturated carbocycles. The average Bonchev–Trinajstić information content (AvgIpc) is 2.80. The first-order valence-corrected chi connectivity index (χ1v) is 6.11. The van der Waals surface area contributed by atoms with Crippen LogP contribution in [0.15, 0.2) is 23.0 Å². The second-order valence-electron chi connectivity index (χ2n) is 4.70. The summed E-state index contributed by atoms with van der Waals surface area (Å²) in [6, 6.07) is 2.67. The molecule has 1 N–H and O–H groups in total. The van der Waals surface area contributed by atoms with E-state index in [9.17, 15) is 0 Å². The van der Waals surface area contributed by atoms with Gasteiger partial charge in [-0.15, -0.1) is 0 Å². The van der Waals surface area contributed by atoms with Crippen molar-refractivity contribution in [2.75, 3.05) is 0 Å². The summed E-state index contributed by atoms with van der Waals surface area (Å²) in [5, 5.41) is 3.59. The summed E-state index contributed by atoms with van der Waals surface area (Å²) in [6.45, 7) is 3.25. The first-order valence-electron chi connectivity index (χ1n) is 6.11. The van der Waals surface area contributed by atoms with Crippen molar-refractivity contribution >= 4 is 0 Å². The molecule has 1 aliphatic rings. The second kappa shape index (κ2) is 5.36. The lowest BCUT2D eigenvalue weighted by Crippen LogP contribution is -2.34. The van der Waals surface area contributed by atoms with Crippen molar-refractivity contribution in [2.24, 2.45) is 5.92 Å². The van der Waals surface area contributed by atoms with Crippen LogP contribution in [0.5, 0.6) is 0 Å². The van der Waals surface area contributed by atoms with Crippen LogP contribution in [0, 0.1) is 5.92 Å². The van der Waals surface area contributed by atoms with Crippen molar-refractivity contribution < 1.29 is 4.42 Å². The van der Waals surface area contributed by atoms with Crippen LogP contribution in [-0.2, 0) is 6.54 Å². The predicted octanol–water partition coefficient (Wildman–Crippen LogP) is 3.34. The molecule has 1 unspecified atom stereocenters. The van der Waals surface area contributed by atoms with Crippen molar-refractivity contribution in [1.29, 1.82) is 0 Å². The number of hydrogen-bond acceptors (Lipinski definition) is 2. The molecule has 1 heterocycles. The topological polar surface area (TPSA) is 25.2 Å². The van der Waals surface area contributed by atoms with E-state index in [0.29, 0.717) is 6.04 Å². The maximum atomic E-state index is 5.05. The van der Waals surface area contributed by atoms with Gasteiger partial charge < -0.3 is 9.73 Å². The Morgan fingerprint density at radius 2 is 2.20 bits per heavy atom. The van der Waals surface area contributed by atoms with Crippen LogP contribution in [0.1, 0.15) is 44.6 Å². The zero-order valence-electron chi connectivity index (χ0n) is 9.54. The molecule has 0 aromatic carbocycles. The van der Waals surface area contributed by atoms with E-state index in [2.05, 4.69) is 12.2 Å². The minimum Gasteiger partial charge on any atom is -0.472 e. The number of nitrogens with one attached hydrogen (secondary N) is 1. The molecule has 1 fully saturated rings. The normalized spacial score (nSPS) is 20.3. The van der Waals surface area contributed by atoms with Gasteiger partial charge in [-0.25, -0.2) is 0 Å². The van der Waals surface area contributed by atoms with E-state index in [0.717, 1.165) is 12.5 Å². The summed E-state index contributed by atoms with van der Waals surface area (Å²) in [7, 11) is 0. The lowest BCUT2D eigenvalue weighted by atomic mass is 9.84. The molecule has 2 rings (SSSR count). The molecular weight excluding hydrogens is 186 g/mol. The second-order valence-corrected chi connectivity index (χ2v) is 4.70. The van der Waals surface area contributed by atoms with E-state index in [-0.39, 0.29) is 0 Å². The summed E-state index contributed by atoms with van der Waals surface area (Å²) in [4.78, 5) is 0. The molecule has 2 heteroatoms.